The quantitative estimate of drug-likeness (QED) is 0.850. The standard InChI is InChI=1S/C19H17FN2O3/c1-12-6-7-14-15(10-12)19(25)22(18(14)24)9-8-17(23)21-11-13-4-2-3-5-16(13)20/h2-7,10H,8-9,11H2,1H3,(H,21,23). The fourth-order valence-electron chi connectivity index (χ4n) is 2.74. The number of carbonyl (C=O) groups is 3. The van der Waals surface area contributed by atoms with E-state index in [1.807, 2.05) is 6.92 Å². The monoisotopic (exact) mass is 340 g/mol. The van der Waals surface area contributed by atoms with Crippen LogP contribution < -0.4 is 5.32 Å². The van der Waals surface area contributed by atoms with Crippen LogP contribution in [-0.2, 0) is 11.3 Å². The molecule has 0 radical (unpaired) electrons. The molecule has 0 saturated carbocycles. The molecule has 0 aromatic heterocycles. The Kier molecular flexibility index (Phi) is 4.61. The molecular weight excluding hydrogens is 323 g/mol. The molecule has 0 spiro atoms. The van der Waals surface area contributed by atoms with Crippen LogP contribution in [0.5, 0.6) is 0 Å². The van der Waals surface area contributed by atoms with Gasteiger partial charge in [-0.3, -0.25) is 19.3 Å². The van der Waals surface area contributed by atoms with Crippen molar-refractivity contribution in [1.29, 1.82) is 0 Å². The van der Waals surface area contributed by atoms with Crippen LogP contribution in [0.1, 0.15) is 38.3 Å². The Hall–Kier alpha value is -3.02. The van der Waals surface area contributed by atoms with Crippen molar-refractivity contribution in [2.75, 3.05) is 6.54 Å². The number of carbonyl (C=O) groups excluding carboxylic acids is 3. The van der Waals surface area contributed by atoms with Gasteiger partial charge in [-0.1, -0.05) is 29.8 Å². The fourth-order valence-corrected chi connectivity index (χ4v) is 2.74. The van der Waals surface area contributed by atoms with Crippen LogP contribution >= 0.6 is 0 Å². The van der Waals surface area contributed by atoms with Crippen LogP contribution in [0.15, 0.2) is 42.5 Å². The van der Waals surface area contributed by atoms with Crippen molar-refractivity contribution in [3.05, 3.63) is 70.5 Å². The van der Waals surface area contributed by atoms with Crippen LogP contribution in [0.2, 0.25) is 0 Å². The fraction of sp³-hybridized carbons (Fsp3) is 0.211. The normalized spacial score (nSPS) is 13.1. The van der Waals surface area contributed by atoms with Crippen molar-refractivity contribution in [2.45, 2.75) is 19.9 Å². The van der Waals surface area contributed by atoms with Gasteiger partial charge < -0.3 is 5.32 Å². The number of amides is 3. The van der Waals surface area contributed by atoms with Gasteiger partial charge in [0.15, 0.2) is 0 Å². The average Bonchev–Trinajstić information content (AvgIpc) is 2.83. The molecule has 2 aromatic carbocycles. The lowest BCUT2D eigenvalue weighted by atomic mass is 10.1. The predicted octanol–water partition coefficient (Wildman–Crippen LogP) is 2.44. The lowest BCUT2D eigenvalue weighted by molar-refractivity contribution is -0.121. The summed E-state index contributed by atoms with van der Waals surface area (Å²) in [5.41, 5.74) is 2.01. The third-order valence-corrected chi connectivity index (χ3v) is 4.12. The zero-order valence-corrected chi connectivity index (χ0v) is 13.7. The number of aryl methyl sites for hydroxylation is 1. The summed E-state index contributed by atoms with van der Waals surface area (Å²) >= 11 is 0. The second-order valence-electron chi connectivity index (χ2n) is 5.93. The number of fused-ring (bicyclic) bond motifs is 1. The van der Waals surface area contributed by atoms with E-state index in [4.69, 9.17) is 0 Å². The lowest BCUT2D eigenvalue weighted by Crippen LogP contribution is -2.34. The Morgan fingerprint density at radius 2 is 1.80 bits per heavy atom. The van der Waals surface area contributed by atoms with Gasteiger partial charge in [-0.25, -0.2) is 4.39 Å². The molecular formula is C19H17FN2O3. The molecule has 0 saturated heterocycles. The second kappa shape index (κ2) is 6.84. The van der Waals surface area contributed by atoms with Crippen LogP contribution in [0.25, 0.3) is 0 Å². The number of rotatable bonds is 5. The van der Waals surface area contributed by atoms with E-state index in [9.17, 15) is 18.8 Å². The van der Waals surface area contributed by atoms with Crippen molar-refractivity contribution < 1.29 is 18.8 Å². The van der Waals surface area contributed by atoms with Gasteiger partial charge in [0, 0.05) is 25.1 Å². The molecule has 0 bridgehead atoms. The van der Waals surface area contributed by atoms with Gasteiger partial charge in [0.1, 0.15) is 5.82 Å². The predicted molar refractivity (Wildman–Crippen MR) is 89.4 cm³/mol. The van der Waals surface area contributed by atoms with Gasteiger partial charge >= 0.3 is 0 Å². The van der Waals surface area contributed by atoms with Crippen molar-refractivity contribution in [3.8, 4) is 0 Å². The van der Waals surface area contributed by atoms with Gasteiger partial charge in [0.05, 0.1) is 11.1 Å². The first kappa shape index (κ1) is 16.8. The highest BCUT2D eigenvalue weighted by molar-refractivity contribution is 6.21. The SMILES string of the molecule is Cc1ccc2c(c1)C(=O)N(CCC(=O)NCc1ccccc1F)C2=O. The minimum Gasteiger partial charge on any atom is -0.352 e. The number of nitrogens with zero attached hydrogens (tertiary/aromatic N) is 1. The van der Waals surface area contributed by atoms with Gasteiger partial charge in [-0.2, -0.15) is 0 Å². The molecule has 0 aliphatic carbocycles. The summed E-state index contributed by atoms with van der Waals surface area (Å²) in [4.78, 5) is 37.6. The van der Waals surface area contributed by atoms with E-state index < -0.39 is 5.82 Å². The first-order valence-electron chi connectivity index (χ1n) is 7.94. The molecule has 0 fully saturated rings. The Morgan fingerprint density at radius 3 is 2.56 bits per heavy atom. The Labute approximate surface area is 144 Å². The lowest BCUT2D eigenvalue weighted by Gasteiger charge is -2.13. The van der Waals surface area contributed by atoms with Crippen LogP contribution in [0, 0.1) is 12.7 Å². The first-order valence-corrected chi connectivity index (χ1v) is 7.94. The smallest absolute Gasteiger partial charge is 0.261 e. The number of nitrogens with one attached hydrogen (secondary N) is 1. The van der Waals surface area contributed by atoms with E-state index in [-0.39, 0.29) is 37.2 Å². The highest BCUT2D eigenvalue weighted by atomic mass is 19.1. The number of benzene rings is 2. The minimum absolute atomic E-state index is 0.00546. The van der Waals surface area contributed by atoms with Crippen LogP contribution in [0.4, 0.5) is 4.39 Å². The molecule has 1 aliphatic rings. The van der Waals surface area contributed by atoms with Gasteiger partial charge in [-0.15, -0.1) is 0 Å². The third-order valence-electron chi connectivity index (χ3n) is 4.12. The van der Waals surface area contributed by atoms with Crippen molar-refractivity contribution in [1.82, 2.24) is 10.2 Å². The van der Waals surface area contributed by atoms with Crippen LogP contribution in [0.3, 0.4) is 0 Å². The highest BCUT2D eigenvalue weighted by Gasteiger charge is 2.35. The molecule has 128 valence electrons. The number of hydrogen-bond acceptors (Lipinski definition) is 3. The summed E-state index contributed by atoms with van der Waals surface area (Å²) in [6, 6.07) is 11.2. The molecule has 1 N–H and O–H groups in total. The molecule has 25 heavy (non-hydrogen) atoms. The zero-order valence-electron chi connectivity index (χ0n) is 13.7. The molecule has 0 atom stereocenters. The summed E-state index contributed by atoms with van der Waals surface area (Å²) in [5, 5.41) is 2.60. The highest BCUT2D eigenvalue weighted by Crippen LogP contribution is 2.23. The average molecular weight is 340 g/mol. The van der Waals surface area contributed by atoms with E-state index in [1.165, 1.54) is 6.07 Å². The third kappa shape index (κ3) is 3.42. The minimum atomic E-state index is -0.390. The molecule has 0 unspecified atom stereocenters. The Morgan fingerprint density at radius 1 is 1.08 bits per heavy atom. The maximum Gasteiger partial charge on any atom is 0.261 e. The number of hydrogen-bond donors (Lipinski definition) is 1. The van der Waals surface area contributed by atoms with E-state index >= 15 is 0 Å². The topological polar surface area (TPSA) is 66.5 Å². The largest absolute Gasteiger partial charge is 0.352 e. The molecule has 2 aromatic rings. The maximum absolute atomic E-state index is 13.5. The summed E-state index contributed by atoms with van der Waals surface area (Å²) < 4.78 is 13.5. The molecule has 5 nitrogen and oxygen atoms in total. The Balaban J connectivity index is 1.57. The summed E-state index contributed by atoms with van der Waals surface area (Å²) in [6.07, 6.45) is -0.0289. The number of halogens is 1. The molecule has 1 aliphatic heterocycles. The van der Waals surface area contributed by atoms with Gasteiger partial charge in [0.2, 0.25) is 5.91 Å². The summed E-state index contributed by atoms with van der Waals surface area (Å²) in [6.45, 7) is 1.90. The summed E-state index contributed by atoms with van der Waals surface area (Å²) in [7, 11) is 0. The van der Waals surface area contributed by atoms with Crippen molar-refractivity contribution >= 4 is 17.7 Å². The molecule has 1 heterocycles. The maximum atomic E-state index is 13.5. The van der Waals surface area contributed by atoms with E-state index in [0.717, 1.165) is 10.5 Å². The van der Waals surface area contributed by atoms with E-state index in [0.29, 0.717) is 16.7 Å². The Bertz CT molecular complexity index is 863. The van der Waals surface area contributed by atoms with Crippen molar-refractivity contribution in [2.24, 2.45) is 0 Å². The zero-order chi connectivity index (χ0) is 18.0. The first-order chi connectivity index (χ1) is 12.0. The van der Waals surface area contributed by atoms with Gasteiger partial charge in [-0.05, 0) is 25.1 Å². The number of imide groups is 1. The second-order valence-corrected chi connectivity index (χ2v) is 5.93. The molecule has 6 heteroatoms. The molecule has 3 amide bonds. The van der Waals surface area contributed by atoms with E-state index in [2.05, 4.69) is 5.32 Å². The van der Waals surface area contributed by atoms with Crippen molar-refractivity contribution in [3.63, 3.8) is 0 Å². The van der Waals surface area contributed by atoms with E-state index in [1.54, 1.807) is 36.4 Å². The summed E-state index contributed by atoms with van der Waals surface area (Å²) in [5.74, 6) is -1.51. The van der Waals surface area contributed by atoms with Crippen LogP contribution in [-0.4, -0.2) is 29.2 Å². The molecule has 3 rings (SSSR count). The van der Waals surface area contributed by atoms with Gasteiger partial charge in [0.25, 0.3) is 11.8 Å².